The molecule has 1 atom stereocenters. The van der Waals surface area contributed by atoms with Crippen LogP contribution in [0.3, 0.4) is 0 Å². The molecule has 0 saturated carbocycles. The van der Waals surface area contributed by atoms with E-state index in [1.165, 1.54) is 12.1 Å². The van der Waals surface area contributed by atoms with E-state index < -0.39 is 0 Å². The van der Waals surface area contributed by atoms with E-state index in [0.717, 1.165) is 37.6 Å². The Hall–Kier alpha value is -1.69. The Kier molecular flexibility index (Phi) is 3.56. The lowest BCUT2D eigenvalue weighted by molar-refractivity contribution is 0.229. The van der Waals surface area contributed by atoms with Crippen LogP contribution in [0.1, 0.15) is 42.0 Å². The maximum atomic E-state index is 5.11. The monoisotopic (exact) mass is 275 g/mol. The molecule has 0 bridgehead atoms. The number of rotatable bonds is 4. The lowest BCUT2D eigenvalue weighted by Gasteiger charge is -2.21. The van der Waals surface area contributed by atoms with E-state index in [1.54, 1.807) is 0 Å². The molecule has 1 fully saturated rings. The van der Waals surface area contributed by atoms with Gasteiger partial charge in [0, 0.05) is 19.2 Å². The highest BCUT2D eigenvalue weighted by molar-refractivity contribution is 5.06. The van der Waals surface area contributed by atoms with Crippen LogP contribution in [-0.2, 0) is 6.54 Å². The van der Waals surface area contributed by atoms with Crippen molar-refractivity contribution in [2.75, 3.05) is 13.1 Å². The Labute approximate surface area is 118 Å². The van der Waals surface area contributed by atoms with Crippen LogP contribution in [0.25, 0.3) is 0 Å². The SMILES string of the molecule is Cc1cc(C)n(CCN2CCC[C@H]2c2noc(C)n2)n1. The lowest BCUT2D eigenvalue weighted by atomic mass is 10.2. The first-order valence-electron chi connectivity index (χ1n) is 7.19. The normalized spacial score (nSPS) is 19.9. The molecular formula is C14H21N5O. The molecule has 2 aromatic heterocycles. The minimum Gasteiger partial charge on any atom is -0.340 e. The van der Waals surface area contributed by atoms with Gasteiger partial charge in [-0.2, -0.15) is 10.1 Å². The molecule has 0 amide bonds. The number of likely N-dealkylation sites (tertiary alicyclic amines) is 1. The van der Waals surface area contributed by atoms with Gasteiger partial charge in [-0.25, -0.2) is 0 Å². The fourth-order valence-electron chi connectivity index (χ4n) is 2.96. The molecular weight excluding hydrogens is 254 g/mol. The molecule has 1 aliphatic rings. The third kappa shape index (κ3) is 2.60. The van der Waals surface area contributed by atoms with Gasteiger partial charge in [-0.3, -0.25) is 9.58 Å². The summed E-state index contributed by atoms with van der Waals surface area (Å²) in [6.45, 7) is 8.95. The minimum absolute atomic E-state index is 0.296. The first-order chi connectivity index (χ1) is 9.63. The van der Waals surface area contributed by atoms with Crippen molar-refractivity contribution in [1.82, 2.24) is 24.8 Å². The zero-order valence-corrected chi connectivity index (χ0v) is 12.3. The molecule has 6 heteroatoms. The standard InChI is InChI=1S/C14H21N5O/c1-10-9-11(2)19(16-10)8-7-18-6-4-5-13(18)14-15-12(3)20-17-14/h9,13H,4-8H2,1-3H3/t13-/m0/s1. The zero-order valence-electron chi connectivity index (χ0n) is 12.3. The number of hydrogen-bond donors (Lipinski definition) is 0. The van der Waals surface area contributed by atoms with Gasteiger partial charge >= 0.3 is 0 Å². The van der Waals surface area contributed by atoms with Gasteiger partial charge in [-0.05, 0) is 39.3 Å². The van der Waals surface area contributed by atoms with E-state index in [9.17, 15) is 0 Å². The summed E-state index contributed by atoms with van der Waals surface area (Å²) in [6, 6.07) is 2.41. The van der Waals surface area contributed by atoms with Gasteiger partial charge in [0.15, 0.2) is 5.82 Å². The Morgan fingerprint density at radius 3 is 2.80 bits per heavy atom. The molecule has 0 aliphatic carbocycles. The first-order valence-corrected chi connectivity index (χ1v) is 7.19. The zero-order chi connectivity index (χ0) is 14.1. The summed E-state index contributed by atoms with van der Waals surface area (Å²) in [7, 11) is 0. The smallest absolute Gasteiger partial charge is 0.223 e. The highest BCUT2D eigenvalue weighted by Gasteiger charge is 2.29. The summed E-state index contributed by atoms with van der Waals surface area (Å²) < 4.78 is 7.18. The molecule has 3 heterocycles. The second kappa shape index (κ2) is 5.36. The number of hydrogen-bond acceptors (Lipinski definition) is 5. The van der Waals surface area contributed by atoms with Crippen molar-refractivity contribution in [2.24, 2.45) is 0 Å². The van der Waals surface area contributed by atoms with Crippen molar-refractivity contribution in [3.63, 3.8) is 0 Å². The third-order valence-corrected chi connectivity index (χ3v) is 3.91. The average molecular weight is 275 g/mol. The summed E-state index contributed by atoms with van der Waals surface area (Å²) in [4.78, 5) is 6.81. The van der Waals surface area contributed by atoms with Gasteiger partial charge in [-0.1, -0.05) is 5.16 Å². The maximum absolute atomic E-state index is 5.11. The van der Waals surface area contributed by atoms with E-state index in [0.29, 0.717) is 11.9 Å². The van der Waals surface area contributed by atoms with Gasteiger partial charge in [0.1, 0.15) is 0 Å². The van der Waals surface area contributed by atoms with Gasteiger partial charge < -0.3 is 4.52 Å². The van der Waals surface area contributed by atoms with Crippen LogP contribution in [0.5, 0.6) is 0 Å². The molecule has 0 radical (unpaired) electrons. The van der Waals surface area contributed by atoms with Crippen LogP contribution in [-0.4, -0.2) is 37.9 Å². The van der Waals surface area contributed by atoms with Gasteiger partial charge in [0.05, 0.1) is 18.3 Å². The predicted octanol–water partition coefficient (Wildman–Crippen LogP) is 2.03. The fraction of sp³-hybridized carbons (Fsp3) is 0.643. The number of aromatic nitrogens is 4. The van der Waals surface area contributed by atoms with Crippen molar-refractivity contribution in [3.05, 3.63) is 29.2 Å². The number of aryl methyl sites for hydroxylation is 3. The van der Waals surface area contributed by atoms with Crippen LogP contribution in [0.2, 0.25) is 0 Å². The maximum Gasteiger partial charge on any atom is 0.223 e. The third-order valence-electron chi connectivity index (χ3n) is 3.91. The highest BCUT2D eigenvalue weighted by atomic mass is 16.5. The largest absolute Gasteiger partial charge is 0.340 e. The van der Waals surface area contributed by atoms with E-state index in [1.807, 2.05) is 13.8 Å². The number of nitrogens with zero attached hydrogens (tertiary/aromatic N) is 5. The second-order valence-corrected chi connectivity index (χ2v) is 5.52. The van der Waals surface area contributed by atoms with Crippen molar-refractivity contribution in [3.8, 4) is 0 Å². The van der Waals surface area contributed by atoms with E-state index in [2.05, 4.69) is 37.8 Å². The van der Waals surface area contributed by atoms with Crippen LogP contribution in [0.4, 0.5) is 0 Å². The molecule has 0 unspecified atom stereocenters. The van der Waals surface area contributed by atoms with E-state index >= 15 is 0 Å². The fourth-order valence-corrected chi connectivity index (χ4v) is 2.96. The van der Waals surface area contributed by atoms with Gasteiger partial charge in [0.2, 0.25) is 5.89 Å². The Balaban J connectivity index is 1.66. The van der Waals surface area contributed by atoms with Gasteiger partial charge in [-0.15, -0.1) is 0 Å². The molecule has 3 rings (SSSR count). The highest BCUT2D eigenvalue weighted by Crippen LogP contribution is 2.29. The lowest BCUT2D eigenvalue weighted by Crippen LogP contribution is -2.28. The second-order valence-electron chi connectivity index (χ2n) is 5.52. The molecule has 108 valence electrons. The van der Waals surface area contributed by atoms with E-state index in [4.69, 9.17) is 4.52 Å². The van der Waals surface area contributed by atoms with Crippen LogP contribution in [0.15, 0.2) is 10.6 Å². The van der Waals surface area contributed by atoms with Gasteiger partial charge in [0.25, 0.3) is 0 Å². The molecule has 1 aliphatic heterocycles. The Morgan fingerprint density at radius 1 is 1.30 bits per heavy atom. The summed E-state index contributed by atoms with van der Waals surface area (Å²) >= 11 is 0. The van der Waals surface area contributed by atoms with Crippen molar-refractivity contribution in [2.45, 2.75) is 46.2 Å². The molecule has 0 aromatic carbocycles. The molecule has 0 N–H and O–H groups in total. The predicted molar refractivity (Wildman–Crippen MR) is 74.3 cm³/mol. The molecule has 0 spiro atoms. The summed E-state index contributed by atoms with van der Waals surface area (Å²) in [6.07, 6.45) is 2.30. The average Bonchev–Trinajstić information content (AvgIpc) is 3.07. The molecule has 6 nitrogen and oxygen atoms in total. The topological polar surface area (TPSA) is 60.0 Å². The Bertz CT molecular complexity index is 588. The molecule has 1 saturated heterocycles. The van der Waals surface area contributed by atoms with Crippen LogP contribution >= 0.6 is 0 Å². The van der Waals surface area contributed by atoms with Crippen LogP contribution < -0.4 is 0 Å². The van der Waals surface area contributed by atoms with Crippen molar-refractivity contribution >= 4 is 0 Å². The molecule has 2 aromatic rings. The Morgan fingerprint density at radius 2 is 2.15 bits per heavy atom. The van der Waals surface area contributed by atoms with Crippen molar-refractivity contribution in [1.29, 1.82) is 0 Å². The van der Waals surface area contributed by atoms with Crippen molar-refractivity contribution < 1.29 is 4.52 Å². The quantitative estimate of drug-likeness (QED) is 0.854. The molecule has 20 heavy (non-hydrogen) atoms. The first kappa shape index (κ1) is 13.3. The van der Waals surface area contributed by atoms with E-state index in [-0.39, 0.29) is 0 Å². The summed E-state index contributed by atoms with van der Waals surface area (Å²) in [5.41, 5.74) is 2.29. The summed E-state index contributed by atoms with van der Waals surface area (Å²) in [5.74, 6) is 1.47. The summed E-state index contributed by atoms with van der Waals surface area (Å²) in [5, 5.41) is 8.59. The van der Waals surface area contributed by atoms with Crippen LogP contribution in [0, 0.1) is 20.8 Å². The minimum atomic E-state index is 0.296.